The third-order valence-corrected chi connectivity index (χ3v) is 4.39. The van der Waals surface area contributed by atoms with E-state index in [1.54, 1.807) is 4.90 Å². The molecule has 0 aromatic carbocycles. The van der Waals surface area contributed by atoms with E-state index in [1.807, 2.05) is 11.8 Å². The van der Waals surface area contributed by atoms with Crippen LogP contribution in [0.2, 0.25) is 0 Å². The molecular weight excluding hydrogens is 252 g/mol. The molecule has 1 aliphatic heterocycles. The number of carbonyl (C=O) groups excluding carboxylic acids is 1. The number of aliphatic carboxylic acids is 1. The zero-order chi connectivity index (χ0) is 13.8. The molecule has 18 heavy (non-hydrogen) atoms. The minimum atomic E-state index is -1.22. The van der Waals surface area contributed by atoms with Gasteiger partial charge in [-0.15, -0.1) is 0 Å². The summed E-state index contributed by atoms with van der Waals surface area (Å²) in [5, 5.41) is 12.2. The normalized spacial score (nSPS) is 21.3. The Morgan fingerprint density at radius 2 is 2.00 bits per heavy atom. The number of nitrogens with zero attached hydrogens (tertiary/aromatic N) is 1. The molecule has 0 aromatic rings. The summed E-state index contributed by atoms with van der Waals surface area (Å²) in [6.45, 7) is 4.40. The minimum Gasteiger partial charge on any atom is -0.480 e. The molecule has 1 saturated heterocycles. The second-order valence-electron chi connectivity index (χ2n) is 5.14. The SMILES string of the molecule is CSC1CCCN(C(=O)NC(C)(C)C(=O)O)CC1. The molecule has 0 saturated carbocycles. The highest BCUT2D eigenvalue weighted by Gasteiger charge is 2.31. The van der Waals surface area contributed by atoms with Crippen molar-refractivity contribution in [2.45, 2.75) is 43.9 Å². The lowest BCUT2D eigenvalue weighted by Crippen LogP contribution is -2.54. The van der Waals surface area contributed by atoms with Crippen molar-refractivity contribution in [3.8, 4) is 0 Å². The summed E-state index contributed by atoms with van der Waals surface area (Å²) in [5.74, 6) is -1.02. The fraction of sp³-hybridized carbons (Fsp3) is 0.833. The molecule has 104 valence electrons. The highest BCUT2D eigenvalue weighted by atomic mass is 32.2. The number of rotatable bonds is 3. The van der Waals surface area contributed by atoms with E-state index in [1.165, 1.54) is 13.8 Å². The lowest BCUT2D eigenvalue weighted by atomic mass is 10.1. The number of carboxylic acids is 1. The lowest BCUT2D eigenvalue weighted by molar-refractivity contribution is -0.143. The van der Waals surface area contributed by atoms with E-state index in [9.17, 15) is 9.59 Å². The van der Waals surface area contributed by atoms with Crippen LogP contribution in [0.1, 0.15) is 33.1 Å². The molecule has 0 bridgehead atoms. The second kappa shape index (κ2) is 6.31. The third-order valence-electron chi connectivity index (χ3n) is 3.25. The van der Waals surface area contributed by atoms with Gasteiger partial charge < -0.3 is 15.3 Å². The molecule has 5 nitrogen and oxygen atoms in total. The Kier molecular flexibility index (Phi) is 5.31. The van der Waals surface area contributed by atoms with Crippen molar-refractivity contribution in [1.82, 2.24) is 10.2 Å². The maximum absolute atomic E-state index is 12.0. The van der Waals surface area contributed by atoms with Crippen molar-refractivity contribution in [3.63, 3.8) is 0 Å². The molecule has 2 amide bonds. The van der Waals surface area contributed by atoms with E-state index in [2.05, 4.69) is 11.6 Å². The summed E-state index contributed by atoms with van der Waals surface area (Å²) in [7, 11) is 0. The van der Waals surface area contributed by atoms with Crippen LogP contribution in [-0.2, 0) is 4.79 Å². The highest BCUT2D eigenvalue weighted by molar-refractivity contribution is 7.99. The molecule has 1 atom stereocenters. The van der Waals surface area contributed by atoms with Crippen LogP contribution in [0.5, 0.6) is 0 Å². The molecular formula is C12H22N2O3S. The van der Waals surface area contributed by atoms with Crippen LogP contribution in [0.15, 0.2) is 0 Å². The molecule has 0 spiro atoms. The Morgan fingerprint density at radius 1 is 1.33 bits per heavy atom. The average molecular weight is 274 g/mol. The Labute approximate surface area is 112 Å². The van der Waals surface area contributed by atoms with Gasteiger partial charge in [0.1, 0.15) is 5.54 Å². The fourth-order valence-corrected chi connectivity index (χ4v) is 2.65. The Hall–Kier alpha value is -0.910. The van der Waals surface area contributed by atoms with Gasteiger partial charge in [0.2, 0.25) is 0 Å². The third kappa shape index (κ3) is 4.08. The van der Waals surface area contributed by atoms with Crippen molar-refractivity contribution >= 4 is 23.8 Å². The van der Waals surface area contributed by atoms with E-state index in [0.29, 0.717) is 18.3 Å². The van der Waals surface area contributed by atoms with Gasteiger partial charge in [0.25, 0.3) is 0 Å². The van der Waals surface area contributed by atoms with E-state index in [-0.39, 0.29) is 6.03 Å². The summed E-state index contributed by atoms with van der Waals surface area (Å²) in [6.07, 6.45) is 5.16. The molecule has 1 rings (SSSR count). The molecule has 0 aromatic heterocycles. The first-order valence-electron chi connectivity index (χ1n) is 6.20. The zero-order valence-corrected chi connectivity index (χ0v) is 12.0. The number of carbonyl (C=O) groups is 2. The number of thioether (sulfide) groups is 1. The molecule has 0 radical (unpaired) electrons. The van der Waals surface area contributed by atoms with E-state index < -0.39 is 11.5 Å². The van der Waals surface area contributed by atoms with Crippen LogP contribution >= 0.6 is 11.8 Å². The molecule has 1 aliphatic rings. The van der Waals surface area contributed by atoms with Crippen molar-refractivity contribution in [2.75, 3.05) is 19.3 Å². The number of carboxylic acid groups (broad SMARTS) is 1. The summed E-state index contributed by atoms with van der Waals surface area (Å²) in [4.78, 5) is 24.7. The zero-order valence-electron chi connectivity index (χ0n) is 11.2. The van der Waals surface area contributed by atoms with Gasteiger partial charge in [-0.25, -0.2) is 9.59 Å². The Morgan fingerprint density at radius 3 is 2.56 bits per heavy atom. The quantitative estimate of drug-likeness (QED) is 0.823. The lowest BCUT2D eigenvalue weighted by Gasteiger charge is -2.27. The van der Waals surface area contributed by atoms with Gasteiger partial charge in [-0.2, -0.15) is 11.8 Å². The molecule has 2 N–H and O–H groups in total. The molecule has 0 aliphatic carbocycles. The van der Waals surface area contributed by atoms with Crippen LogP contribution in [0, 0.1) is 0 Å². The Balaban J connectivity index is 2.54. The predicted octanol–water partition coefficient (Wildman–Crippen LogP) is 1.78. The molecule has 1 fully saturated rings. The summed E-state index contributed by atoms with van der Waals surface area (Å²) >= 11 is 1.84. The first-order valence-corrected chi connectivity index (χ1v) is 7.49. The van der Waals surface area contributed by atoms with Crippen molar-refractivity contribution < 1.29 is 14.7 Å². The number of hydrogen-bond acceptors (Lipinski definition) is 3. The van der Waals surface area contributed by atoms with Gasteiger partial charge in [-0.3, -0.25) is 0 Å². The van der Waals surface area contributed by atoms with Crippen LogP contribution in [0.3, 0.4) is 0 Å². The van der Waals surface area contributed by atoms with Crippen LogP contribution in [-0.4, -0.2) is 52.1 Å². The summed E-state index contributed by atoms with van der Waals surface area (Å²) < 4.78 is 0. The van der Waals surface area contributed by atoms with Gasteiger partial charge in [0, 0.05) is 18.3 Å². The number of likely N-dealkylation sites (tertiary alicyclic amines) is 1. The number of urea groups is 1. The van der Waals surface area contributed by atoms with E-state index in [0.717, 1.165) is 19.3 Å². The predicted molar refractivity (Wildman–Crippen MR) is 73.0 cm³/mol. The van der Waals surface area contributed by atoms with Crippen LogP contribution in [0.4, 0.5) is 4.79 Å². The van der Waals surface area contributed by atoms with Gasteiger partial charge in [0.05, 0.1) is 0 Å². The van der Waals surface area contributed by atoms with Crippen molar-refractivity contribution in [2.24, 2.45) is 0 Å². The number of hydrogen-bond donors (Lipinski definition) is 2. The average Bonchev–Trinajstić information content (AvgIpc) is 2.53. The summed E-state index contributed by atoms with van der Waals surface area (Å²) in [6, 6.07) is -0.274. The number of amides is 2. The molecule has 1 heterocycles. The van der Waals surface area contributed by atoms with Gasteiger partial charge in [-0.05, 0) is 39.4 Å². The topological polar surface area (TPSA) is 69.6 Å². The maximum Gasteiger partial charge on any atom is 0.328 e. The highest BCUT2D eigenvalue weighted by Crippen LogP contribution is 2.21. The largest absolute Gasteiger partial charge is 0.480 e. The van der Waals surface area contributed by atoms with E-state index >= 15 is 0 Å². The standard InChI is InChI=1S/C12H22N2O3S/c1-12(2,10(15)16)13-11(17)14-7-4-5-9(18-3)6-8-14/h9H,4-8H2,1-3H3,(H,13,17)(H,15,16). The molecule has 1 unspecified atom stereocenters. The van der Waals surface area contributed by atoms with Crippen molar-refractivity contribution in [3.05, 3.63) is 0 Å². The second-order valence-corrected chi connectivity index (χ2v) is 6.27. The van der Waals surface area contributed by atoms with Gasteiger partial charge in [0.15, 0.2) is 0 Å². The first kappa shape index (κ1) is 15.1. The van der Waals surface area contributed by atoms with E-state index in [4.69, 9.17) is 5.11 Å². The van der Waals surface area contributed by atoms with Crippen molar-refractivity contribution in [1.29, 1.82) is 0 Å². The smallest absolute Gasteiger partial charge is 0.328 e. The monoisotopic (exact) mass is 274 g/mol. The van der Waals surface area contributed by atoms with Gasteiger partial charge >= 0.3 is 12.0 Å². The fourth-order valence-electron chi connectivity index (χ4n) is 1.90. The molecule has 6 heteroatoms. The maximum atomic E-state index is 12.0. The van der Waals surface area contributed by atoms with Gasteiger partial charge in [-0.1, -0.05) is 0 Å². The first-order chi connectivity index (χ1) is 8.36. The number of nitrogens with one attached hydrogen (secondary N) is 1. The summed E-state index contributed by atoms with van der Waals surface area (Å²) in [5.41, 5.74) is -1.22. The van der Waals surface area contributed by atoms with Crippen LogP contribution < -0.4 is 5.32 Å². The van der Waals surface area contributed by atoms with Crippen LogP contribution in [0.25, 0.3) is 0 Å². The Bertz CT molecular complexity index is 320. The minimum absolute atomic E-state index is 0.274.